The van der Waals surface area contributed by atoms with E-state index in [1.807, 2.05) is 18.2 Å². The van der Waals surface area contributed by atoms with Gasteiger partial charge >= 0.3 is 0 Å². The van der Waals surface area contributed by atoms with E-state index < -0.39 is 11.2 Å². The van der Waals surface area contributed by atoms with Gasteiger partial charge in [0, 0.05) is 6.42 Å². The van der Waals surface area contributed by atoms with Crippen LogP contribution >= 0.6 is 0 Å². The molecule has 0 aliphatic heterocycles. The van der Waals surface area contributed by atoms with Gasteiger partial charge in [0.05, 0.1) is 5.60 Å². The summed E-state index contributed by atoms with van der Waals surface area (Å²) >= 11 is 0. The number of rotatable bonds is 6. The van der Waals surface area contributed by atoms with Crippen molar-refractivity contribution < 1.29 is 10.2 Å². The van der Waals surface area contributed by atoms with Crippen LogP contribution in [0.5, 0.6) is 0 Å². The van der Waals surface area contributed by atoms with E-state index in [1.165, 1.54) is 0 Å². The van der Waals surface area contributed by atoms with E-state index in [4.69, 9.17) is 0 Å². The third-order valence-electron chi connectivity index (χ3n) is 3.12. The van der Waals surface area contributed by atoms with Crippen LogP contribution in [0.4, 0.5) is 0 Å². The Bertz CT molecular complexity index is 381. The third kappa shape index (κ3) is 2.65. The molecule has 0 saturated carbocycles. The quantitative estimate of drug-likeness (QED) is 0.740. The van der Waals surface area contributed by atoms with Crippen molar-refractivity contribution in [3.05, 3.63) is 61.2 Å². The predicted octanol–water partition coefficient (Wildman–Crippen LogP) is 2.78. The number of aliphatic hydroxyl groups is 2. The Morgan fingerprint density at radius 2 is 1.59 bits per heavy atom. The summed E-state index contributed by atoms with van der Waals surface area (Å²) in [5.74, 6) is 0. The van der Waals surface area contributed by atoms with Gasteiger partial charge in [-0.2, -0.15) is 0 Å². The van der Waals surface area contributed by atoms with Crippen LogP contribution in [-0.2, 0) is 5.60 Å². The van der Waals surface area contributed by atoms with E-state index in [0.717, 1.165) is 0 Å². The van der Waals surface area contributed by atoms with Gasteiger partial charge in [-0.1, -0.05) is 42.5 Å². The lowest BCUT2D eigenvalue weighted by atomic mass is 9.74. The molecule has 17 heavy (non-hydrogen) atoms. The fourth-order valence-electron chi connectivity index (χ4n) is 2.02. The summed E-state index contributed by atoms with van der Waals surface area (Å²) < 4.78 is 0. The molecule has 0 aromatic heterocycles. The van der Waals surface area contributed by atoms with Crippen LogP contribution in [0.15, 0.2) is 55.6 Å². The minimum Gasteiger partial charge on any atom is -0.386 e. The highest BCUT2D eigenvalue weighted by molar-refractivity contribution is 5.27. The van der Waals surface area contributed by atoms with Gasteiger partial charge in [0.1, 0.15) is 5.60 Å². The van der Waals surface area contributed by atoms with Crippen LogP contribution in [0.2, 0.25) is 0 Å². The second kappa shape index (κ2) is 5.30. The molecule has 0 amide bonds. The highest BCUT2D eigenvalue weighted by Crippen LogP contribution is 2.38. The Balaban J connectivity index is 3.22. The van der Waals surface area contributed by atoms with Crippen molar-refractivity contribution in [3.63, 3.8) is 0 Å². The summed E-state index contributed by atoms with van der Waals surface area (Å²) in [5.41, 5.74) is -1.93. The first kappa shape index (κ1) is 13.7. The first-order valence-electron chi connectivity index (χ1n) is 5.70. The van der Waals surface area contributed by atoms with Gasteiger partial charge in [-0.15, -0.1) is 13.2 Å². The van der Waals surface area contributed by atoms with Crippen LogP contribution in [0.3, 0.4) is 0 Å². The van der Waals surface area contributed by atoms with Crippen molar-refractivity contribution >= 4 is 0 Å². The molecule has 0 fully saturated rings. The molecule has 0 bridgehead atoms. The van der Waals surface area contributed by atoms with Crippen molar-refractivity contribution in [1.82, 2.24) is 0 Å². The van der Waals surface area contributed by atoms with Crippen LogP contribution in [0, 0.1) is 0 Å². The number of hydrogen-bond donors (Lipinski definition) is 2. The fraction of sp³-hybridized carbons (Fsp3) is 0.333. The molecule has 1 rings (SSSR count). The maximum absolute atomic E-state index is 10.8. The molecule has 0 heterocycles. The molecule has 1 aromatic carbocycles. The molecule has 2 N–H and O–H groups in total. The highest BCUT2D eigenvalue weighted by atomic mass is 16.4. The van der Waals surface area contributed by atoms with Gasteiger partial charge in [-0.25, -0.2) is 0 Å². The van der Waals surface area contributed by atoms with Gasteiger partial charge in [0.2, 0.25) is 0 Å². The molecule has 0 aliphatic rings. The maximum Gasteiger partial charge on any atom is 0.122 e. The molecule has 0 saturated heterocycles. The van der Waals surface area contributed by atoms with Gasteiger partial charge in [-0.05, 0) is 18.9 Å². The zero-order chi connectivity index (χ0) is 12.9. The molecule has 1 aromatic rings. The zero-order valence-corrected chi connectivity index (χ0v) is 10.3. The SMILES string of the molecule is C=CC[C@@](C)(O)[C@](O)(CC=C)c1ccccc1. The first-order chi connectivity index (χ1) is 7.98. The molecular weight excluding hydrogens is 212 g/mol. The molecular formula is C15H20O2. The van der Waals surface area contributed by atoms with Crippen LogP contribution in [0.1, 0.15) is 25.3 Å². The summed E-state index contributed by atoms with van der Waals surface area (Å²) in [7, 11) is 0. The van der Waals surface area contributed by atoms with Gasteiger partial charge in [-0.3, -0.25) is 0 Å². The maximum atomic E-state index is 10.8. The van der Waals surface area contributed by atoms with E-state index in [1.54, 1.807) is 31.2 Å². The van der Waals surface area contributed by atoms with E-state index in [0.29, 0.717) is 12.0 Å². The smallest absolute Gasteiger partial charge is 0.122 e. The molecule has 0 unspecified atom stereocenters. The van der Waals surface area contributed by atoms with Crippen molar-refractivity contribution in [2.45, 2.75) is 31.0 Å². The summed E-state index contributed by atoms with van der Waals surface area (Å²) in [4.78, 5) is 0. The van der Waals surface area contributed by atoms with Crippen molar-refractivity contribution in [1.29, 1.82) is 0 Å². The molecule has 2 atom stereocenters. The molecule has 2 nitrogen and oxygen atoms in total. The zero-order valence-electron chi connectivity index (χ0n) is 10.3. The molecule has 0 aliphatic carbocycles. The Labute approximate surface area is 103 Å². The average Bonchev–Trinajstić information content (AvgIpc) is 2.30. The van der Waals surface area contributed by atoms with E-state index >= 15 is 0 Å². The molecule has 0 radical (unpaired) electrons. The van der Waals surface area contributed by atoms with E-state index in [2.05, 4.69) is 13.2 Å². The topological polar surface area (TPSA) is 40.5 Å². The van der Waals surface area contributed by atoms with Gasteiger partial charge < -0.3 is 10.2 Å². The van der Waals surface area contributed by atoms with E-state index in [9.17, 15) is 10.2 Å². The van der Waals surface area contributed by atoms with Crippen molar-refractivity contribution in [2.75, 3.05) is 0 Å². The monoisotopic (exact) mass is 232 g/mol. The highest BCUT2D eigenvalue weighted by Gasteiger charge is 2.45. The normalized spacial score (nSPS) is 17.8. The fourth-order valence-corrected chi connectivity index (χ4v) is 2.02. The minimum absolute atomic E-state index is 0.290. The summed E-state index contributed by atoms with van der Waals surface area (Å²) in [5, 5.41) is 21.2. The third-order valence-corrected chi connectivity index (χ3v) is 3.12. The lowest BCUT2D eigenvalue weighted by Crippen LogP contribution is -2.49. The lowest BCUT2D eigenvalue weighted by molar-refractivity contribution is -0.144. The van der Waals surface area contributed by atoms with Crippen molar-refractivity contribution in [3.8, 4) is 0 Å². The Morgan fingerprint density at radius 3 is 2.06 bits per heavy atom. The summed E-state index contributed by atoms with van der Waals surface area (Å²) in [6.07, 6.45) is 3.83. The Hall–Kier alpha value is -1.38. The molecule has 0 spiro atoms. The number of benzene rings is 1. The van der Waals surface area contributed by atoms with Gasteiger partial charge in [0.15, 0.2) is 0 Å². The second-order valence-electron chi connectivity index (χ2n) is 4.49. The second-order valence-corrected chi connectivity index (χ2v) is 4.49. The summed E-state index contributed by atoms with van der Waals surface area (Å²) in [6, 6.07) is 9.17. The Morgan fingerprint density at radius 1 is 1.06 bits per heavy atom. The minimum atomic E-state index is -1.34. The average molecular weight is 232 g/mol. The van der Waals surface area contributed by atoms with Crippen molar-refractivity contribution in [2.24, 2.45) is 0 Å². The molecule has 2 heteroatoms. The largest absolute Gasteiger partial charge is 0.386 e. The lowest BCUT2D eigenvalue weighted by Gasteiger charge is -2.41. The van der Waals surface area contributed by atoms with Crippen LogP contribution in [-0.4, -0.2) is 15.8 Å². The number of hydrogen-bond acceptors (Lipinski definition) is 2. The van der Waals surface area contributed by atoms with E-state index in [-0.39, 0.29) is 6.42 Å². The predicted molar refractivity (Wildman–Crippen MR) is 70.6 cm³/mol. The Kier molecular flexibility index (Phi) is 4.27. The standard InChI is InChI=1S/C15H20O2/c1-4-11-14(3,16)15(17,12-5-2)13-9-7-6-8-10-13/h4-10,16-17H,1-2,11-12H2,3H3/t14-,15+/m1/s1. The summed E-state index contributed by atoms with van der Waals surface area (Å²) in [6.45, 7) is 8.88. The van der Waals surface area contributed by atoms with Crippen LogP contribution < -0.4 is 0 Å². The van der Waals surface area contributed by atoms with Crippen LogP contribution in [0.25, 0.3) is 0 Å². The molecule has 92 valence electrons. The first-order valence-corrected chi connectivity index (χ1v) is 5.70. The van der Waals surface area contributed by atoms with Gasteiger partial charge in [0.25, 0.3) is 0 Å².